The van der Waals surface area contributed by atoms with Gasteiger partial charge in [0.2, 0.25) is 0 Å². The van der Waals surface area contributed by atoms with Crippen molar-refractivity contribution in [3.8, 4) is 0 Å². The molecule has 2 rings (SSSR count). The lowest BCUT2D eigenvalue weighted by atomic mass is 9.76. The highest BCUT2D eigenvalue weighted by Crippen LogP contribution is 2.40. The lowest BCUT2D eigenvalue weighted by Crippen LogP contribution is -2.16. The summed E-state index contributed by atoms with van der Waals surface area (Å²) in [4.78, 5) is 0. The summed E-state index contributed by atoms with van der Waals surface area (Å²) in [7, 11) is 0. The molecule has 0 bridgehead atoms. The van der Waals surface area contributed by atoms with Crippen molar-refractivity contribution in [1.82, 2.24) is 0 Å². The maximum Gasteiger partial charge on any atom is 0.135 e. The van der Waals surface area contributed by atoms with Crippen molar-refractivity contribution in [3.63, 3.8) is 0 Å². The van der Waals surface area contributed by atoms with E-state index in [4.69, 9.17) is 0 Å². The Morgan fingerprint density at radius 1 is 1.00 bits per heavy atom. The third kappa shape index (κ3) is 3.81. The number of unbranched alkanes of at least 4 members (excludes halogenated alkanes) is 2. The highest BCUT2D eigenvalue weighted by molar-refractivity contribution is 5.31. The predicted molar refractivity (Wildman–Crippen MR) is 79.9 cm³/mol. The molecule has 1 aromatic rings. The topological polar surface area (TPSA) is 0 Å². The second-order valence-electron chi connectivity index (χ2n) is 6.41. The fourth-order valence-corrected chi connectivity index (χ4v) is 3.51. The van der Waals surface area contributed by atoms with Crippen LogP contribution in [0.2, 0.25) is 0 Å². The Labute approximate surface area is 125 Å². The largest absolute Gasteiger partial charge is 0.206 e. The van der Waals surface area contributed by atoms with Gasteiger partial charge in [-0.25, -0.2) is 13.2 Å². The summed E-state index contributed by atoms with van der Waals surface area (Å²) in [5.41, 5.74) is 0.0531. The number of rotatable bonds is 5. The minimum absolute atomic E-state index is 0.0588. The quantitative estimate of drug-likeness (QED) is 0.562. The van der Waals surface area contributed by atoms with E-state index in [-0.39, 0.29) is 17.0 Å². The van der Waals surface area contributed by atoms with E-state index in [2.05, 4.69) is 6.92 Å². The van der Waals surface area contributed by atoms with Crippen LogP contribution in [-0.2, 0) is 0 Å². The minimum atomic E-state index is -0.790. The van der Waals surface area contributed by atoms with Crippen LogP contribution in [0.5, 0.6) is 0 Å². The maximum atomic E-state index is 14.2. The molecule has 1 aliphatic rings. The van der Waals surface area contributed by atoms with Gasteiger partial charge in [0.05, 0.1) is 0 Å². The number of benzene rings is 1. The van der Waals surface area contributed by atoms with Crippen LogP contribution in [0.3, 0.4) is 0 Å². The zero-order valence-electron chi connectivity index (χ0n) is 13.0. The van der Waals surface area contributed by atoms with Crippen LogP contribution >= 0.6 is 0 Å². The van der Waals surface area contributed by atoms with Crippen molar-refractivity contribution in [3.05, 3.63) is 34.6 Å². The molecule has 1 aromatic carbocycles. The standard InChI is InChI=1S/C18H25F3/c1-3-4-5-6-13-7-9-14(10-8-13)17-16(20)11-15(19)12(2)18(17)21/h11,13-14H,3-10H2,1-2H3. The zero-order chi connectivity index (χ0) is 15.4. The molecular formula is C18H25F3. The molecule has 1 aliphatic carbocycles. The predicted octanol–water partition coefficient (Wildman–Crippen LogP) is 6.27. The Balaban J connectivity index is 2.01. The fourth-order valence-electron chi connectivity index (χ4n) is 3.51. The Morgan fingerprint density at radius 2 is 1.67 bits per heavy atom. The van der Waals surface area contributed by atoms with Crippen molar-refractivity contribution >= 4 is 0 Å². The van der Waals surface area contributed by atoms with Gasteiger partial charge in [0.25, 0.3) is 0 Å². The van der Waals surface area contributed by atoms with Gasteiger partial charge in [0.1, 0.15) is 17.5 Å². The summed E-state index contributed by atoms with van der Waals surface area (Å²) in [6, 6.07) is 0.834. The van der Waals surface area contributed by atoms with E-state index in [1.165, 1.54) is 32.6 Å². The first kappa shape index (κ1) is 16.4. The Morgan fingerprint density at radius 3 is 2.29 bits per heavy atom. The molecule has 0 radical (unpaired) electrons. The lowest BCUT2D eigenvalue weighted by Gasteiger charge is -2.29. The molecule has 118 valence electrons. The van der Waals surface area contributed by atoms with Gasteiger partial charge in [-0.05, 0) is 44.4 Å². The van der Waals surface area contributed by atoms with Crippen molar-refractivity contribution in [2.24, 2.45) is 5.92 Å². The third-order valence-electron chi connectivity index (χ3n) is 4.91. The fraction of sp³-hybridized carbons (Fsp3) is 0.667. The number of hydrogen-bond acceptors (Lipinski definition) is 0. The van der Waals surface area contributed by atoms with Gasteiger partial charge < -0.3 is 0 Å². The van der Waals surface area contributed by atoms with E-state index < -0.39 is 17.5 Å². The molecule has 0 unspecified atom stereocenters. The minimum Gasteiger partial charge on any atom is -0.206 e. The van der Waals surface area contributed by atoms with E-state index in [1.807, 2.05) is 0 Å². The third-order valence-corrected chi connectivity index (χ3v) is 4.91. The normalized spacial score (nSPS) is 22.5. The molecule has 0 saturated heterocycles. The van der Waals surface area contributed by atoms with Crippen LogP contribution in [0.15, 0.2) is 6.07 Å². The van der Waals surface area contributed by atoms with Crippen LogP contribution in [0.1, 0.15) is 75.3 Å². The average Bonchev–Trinajstić information content (AvgIpc) is 2.47. The highest BCUT2D eigenvalue weighted by Gasteiger charge is 2.28. The number of halogens is 3. The molecule has 1 saturated carbocycles. The van der Waals surface area contributed by atoms with Gasteiger partial charge in [-0.15, -0.1) is 0 Å². The SMILES string of the molecule is CCCCCC1CCC(c2c(F)cc(F)c(C)c2F)CC1. The first-order chi connectivity index (χ1) is 10.0. The van der Waals surface area contributed by atoms with Gasteiger partial charge >= 0.3 is 0 Å². The zero-order valence-corrected chi connectivity index (χ0v) is 13.0. The first-order valence-corrected chi connectivity index (χ1v) is 8.18. The molecule has 0 spiro atoms. The van der Waals surface area contributed by atoms with Crippen molar-refractivity contribution < 1.29 is 13.2 Å². The van der Waals surface area contributed by atoms with Gasteiger partial charge in [0.15, 0.2) is 0 Å². The second kappa shape index (κ2) is 7.33. The lowest BCUT2D eigenvalue weighted by molar-refractivity contribution is 0.294. The Hall–Kier alpha value is -0.990. The molecular weight excluding hydrogens is 273 g/mol. The van der Waals surface area contributed by atoms with Gasteiger partial charge in [-0.2, -0.15) is 0 Å². The van der Waals surface area contributed by atoms with Crippen LogP contribution in [-0.4, -0.2) is 0 Å². The molecule has 0 aromatic heterocycles. The summed E-state index contributed by atoms with van der Waals surface area (Å²) in [6.07, 6.45) is 8.66. The molecule has 21 heavy (non-hydrogen) atoms. The van der Waals surface area contributed by atoms with Crippen LogP contribution in [0, 0.1) is 30.3 Å². The van der Waals surface area contributed by atoms with Crippen LogP contribution in [0.25, 0.3) is 0 Å². The van der Waals surface area contributed by atoms with E-state index in [0.29, 0.717) is 5.92 Å². The van der Waals surface area contributed by atoms with Gasteiger partial charge in [0, 0.05) is 17.2 Å². The summed E-state index contributed by atoms with van der Waals surface area (Å²) < 4.78 is 41.5. The summed E-state index contributed by atoms with van der Waals surface area (Å²) in [6.45, 7) is 3.57. The van der Waals surface area contributed by atoms with Gasteiger partial charge in [-0.3, -0.25) is 0 Å². The van der Waals surface area contributed by atoms with Crippen molar-refractivity contribution in [2.75, 3.05) is 0 Å². The summed E-state index contributed by atoms with van der Waals surface area (Å²) >= 11 is 0. The molecule has 0 aliphatic heterocycles. The van der Waals surface area contributed by atoms with Crippen LogP contribution in [0.4, 0.5) is 13.2 Å². The van der Waals surface area contributed by atoms with E-state index in [9.17, 15) is 13.2 Å². The summed E-state index contributed by atoms with van der Waals surface area (Å²) in [5.74, 6) is -1.58. The Kier molecular flexibility index (Phi) is 5.72. The Bertz CT molecular complexity index is 474. The second-order valence-corrected chi connectivity index (χ2v) is 6.41. The molecule has 0 N–H and O–H groups in total. The van der Waals surface area contributed by atoms with Crippen molar-refractivity contribution in [2.45, 2.75) is 71.1 Å². The summed E-state index contributed by atoms with van der Waals surface area (Å²) in [5, 5.41) is 0. The van der Waals surface area contributed by atoms with Crippen molar-refractivity contribution in [1.29, 1.82) is 0 Å². The first-order valence-electron chi connectivity index (χ1n) is 8.18. The maximum absolute atomic E-state index is 14.2. The van der Waals surface area contributed by atoms with E-state index in [1.54, 1.807) is 0 Å². The average molecular weight is 298 g/mol. The highest BCUT2D eigenvalue weighted by atomic mass is 19.1. The molecule has 0 atom stereocenters. The molecule has 1 fully saturated rings. The van der Waals surface area contributed by atoms with E-state index in [0.717, 1.165) is 31.7 Å². The van der Waals surface area contributed by atoms with E-state index >= 15 is 0 Å². The monoisotopic (exact) mass is 298 g/mol. The number of hydrogen-bond donors (Lipinski definition) is 0. The molecule has 3 heteroatoms. The molecule has 0 amide bonds. The molecule has 0 heterocycles. The molecule has 0 nitrogen and oxygen atoms in total. The smallest absolute Gasteiger partial charge is 0.135 e. The van der Waals surface area contributed by atoms with Crippen LogP contribution < -0.4 is 0 Å². The van der Waals surface area contributed by atoms with Gasteiger partial charge in [-0.1, -0.05) is 32.6 Å².